The second kappa shape index (κ2) is 6.07. The van der Waals surface area contributed by atoms with Gasteiger partial charge in [-0.2, -0.15) is 5.10 Å². The van der Waals surface area contributed by atoms with Crippen LogP contribution in [0.3, 0.4) is 0 Å². The smallest absolute Gasteiger partial charge is 0.267 e. The Balaban J connectivity index is 1.72. The van der Waals surface area contributed by atoms with Crippen LogP contribution in [0.1, 0.15) is 5.56 Å². The monoisotopic (exact) mass is 353 g/mol. The van der Waals surface area contributed by atoms with E-state index in [1.807, 2.05) is 12.1 Å². The molecule has 0 aliphatic carbocycles. The van der Waals surface area contributed by atoms with E-state index < -0.39 is 11.6 Å². The van der Waals surface area contributed by atoms with Crippen molar-refractivity contribution < 1.29 is 8.78 Å². The minimum atomic E-state index is -0.707. The maximum absolute atomic E-state index is 13.4. The van der Waals surface area contributed by atoms with Gasteiger partial charge in [0.25, 0.3) is 5.56 Å². The molecule has 0 amide bonds. The van der Waals surface area contributed by atoms with Gasteiger partial charge in [-0.05, 0) is 35.9 Å². The van der Waals surface area contributed by atoms with Crippen LogP contribution in [-0.4, -0.2) is 19.7 Å². The first kappa shape index (κ1) is 15.9. The minimum Gasteiger partial charge on any atom is -0.369 e. The number of nitrogens with zero attached hydrogens (tertiary/aromatic N) is 3. The Morgan fingerprint density at radius 2 is 1.81 bits per heavy atom. The second-order valence-electron chi connectivity index (χ2n) is 5.85. The molecule has 0 spiro atoms. The molecule has 0 fully saturated rings. The van der Waals surface area contributed by atoms with E-state index in [9.17, 15) is 13.6 Å². The number of halogens is 2. The summed E-state index contributed by atoms with van der Waals surface area (Å²) in [4.78, 5) is 19.2. The summed E-state index contributed by atoms with van der Waals surface area (Å²) >= 11 is 0. The summed E-state index contributed by atoms with van der Waals surface area (Å²) in [5, 5.41) is 4.23. The molecule has 0 aliphatic heterocycles. The van der Waals surface area contributed by atoms with Crippen molar-refractivity contribution in [1.29, 1.82) is 0 Å². The molecular formula is C18H13F2N5O. The Kier molecular flexibility index (Phi) is 3.72. The zero-order valence-electron chi connectivity index (χ0n) is 13.4. The number of H-pyrrole nitrogens is 1. The molecule has 2 aromatic heterocycles. The molecule has 0 saturated heterocycles. The number of nitrogens with two attached hydrogens (primary N) is 1. The number of nitrogen functional groups attached to an aromatic ring is 1. The number of benzene rings is 2. The van der Waals surface area contributed by atoms with Crippen LogP contribution in [0, 0.1) is 11.6 Å². The lowest BCUT2D eigenvalue weighted by molar-refractivity contribution is 0.583. The maximum Gasteiger partial charge on any atom is 0.267 e. The Morgan fingerprint density at radius 1 is 1.04 bits per heavy atom. The van der Waals surface area contributed by atoms with Crippen LogP contribution in [-0.2, 0) is 6.54 Å². The quantitative estimate of drug-likeness (QED) is 0.593. The molecule has 0 radical (unpaired) electrons. The normalized spacial score (nSPS) is 11.2. The lowest BCUT2D eigenvalue weighted by Gasteiger charge is -2.08. The summed E-state index contributed by atoms with van der Waals surface area (Å²) in [5.74, 6) is -1.11. The van der Waals surface area contributed by atoms with Crippen molar-refractivity contribution >= 4 is 17.0 Å². The Morgan fingerprint density at radius 3 is 2.58 bits per heavy atom. The lowest BCUT2D eigenvalue weighted by Crippen LogP contribution is -2.22. The Hall–Kier alpha value is -3.55. The van der Waals surface area contributed by atoms with E-state index in [0.717, 1.165) is 22.7 Å². The van der Waals surface area contributed by atoms with Crippen molar-refractivity contribution in [3.05, 3.63) is 76.1 Å². The summed E-state index contributed by atoms with van der Waals surface area (Å²) in [6.07, 6.45) is 0. The molecule has 130 valence electrons. The summed E-state index contributed by atoms with van der Waals surface area (Å²) in [7, 11) is 0. The highest BCUT2D eigenvalue weighted by Gasteiger charge is 2.08. The van der Waals surface area contributed by atoms with Gasteiger partial charge in [0.1, 0.15) is 11.6 Å². The fourth-order valence-corrected chi connectivity index (χ4v) is 2.77. The highest BCUT2D eigenvalue weighted by atomic mass is 19.1. The van der Waals surface area contributed by atoms with Gasteiger partial charge in [-0.25, -0.2) is 18.4 Å². The van der Waals surface area contributed by atoms with Gasteiger partial charge >= 0.3 is 0 Å². The van der Waals surface area contributed by atoms with Gasteiger partial charge < -0.3 is 10.7 Å². The average Bonchev–Trinajstić information content (AvgIpc) is 2.95. The number of hydrogen-bond donors (Lipinski definition) is 2. The number of aromatic nitrogens is 4. The van der Waals surface area contributed by atoms with Gasteiger partial charge in [0.2, 0.25) is 0 Å². The number of rotatable bonds is 3. The molecule has 8 heteroatoms. The van der Waals surface area contributed by atoms with Crippen molar-refractivity contribution in [3.63, 3.8) is 0 Å². The van der Waals surface area contributed by atoms with Crippen molar-refractivity contribution in [1.82, 2.24) is 19.7 Å². The molecule has 0 unspecified atom stereocenters. The number of imidazole rings is 1. The van der Waals surface area contributed by atoms with E-state index in [-0.39, 0.29) is 17.7 Å². The third-order valence-electron chi connectivity index (χ3n) is 3.92. The van der Waals surface area contributed by atoms with Crippen LogP contribution >= 0.6 is 0 Å². The molecule has 0 aliphatic rings. The first-order valence-electron chi connectivity index (χ1n) is 7.77. The zero-order valence-corrected chi connectivity index (χ0v) is 13.4. The number of aromatic amines is 1. The van der Waals surface area contributed by atoms with Gasteiger partial charge in [-0.3, -0.25) is 4.79 Å². The Bertz CT molecular complexity index is 1160. The van der Waals surface area contributed by atoms with Crippen LogP contribution in [0.15, 0.2) is 53.3 Å². The second-order valence-corrected chi connectivity index (χ2v) is 5.85. The van der Waals surface area contributed by atoms with Crippen LogP contribution in [0.4, 0.5) is 14.7 Å². The molecule has 0 bridgehead atoms. The molecular weight excluding hydrogens is 340 g/mol. The summed E-state index contributed by atoms with van der Waals surface area (Å²) < 4.78 is 28.1. The summed E-state index contributed by atoms with van der Waals surface area (Å²) in [6, 6.07) is 11.3. The predicted octanol–water partition coefficient (Wildman–Crippen LogP) is 2.70. The topological polar surface area (TPSA) is 89.6 Å². The van der Waals surface area contributed by atoms with Crippen LogP contribution < -0.4 is 11.3 Å². The molecule has 2 heterocycles. The van der Waals surface area contributed by atoms with Gasteiger partial charge in [0.15, 0.2) is 5.95 Å². The molecule has 0 atom stereocenters. The van der Waals surface area contributed by atoms with Gasteiger partial charge in [-0.15, -0.1) is 0 Å². The first-order chi connectivity index (χ1) is 12.5. The summed E-state index contributed by atoms with van der Waals surface area (Å²) in [5.41, 5.74) is 8.13. The van der Waals surface area contributed by atoms with E-state index >= 15 is 0 Å². The molecule has 4 aromatic rings. The fraction of sp³-hybridized carbons (Fsp3) is 0.0556. The van der Waals surface area contributed by atoms with E-state index in [1.54, 1.807) is 6.07 Å². The van der Waals surface area contributed by atoms with Crippen LogP contribution in [0.5, 0.6) is 0 Å². The van der Waals surface area contributed by atoms with Crippen molar-refractivity contribution in [3.8, 4) is 11.3 Å². The van der Waals surface area contributed by atoms with Gasteiger partial charge in [0.05, 0.1) is 23.3 Å². The van der Waals surface area contributed by atoms with Gasteiger partial charge in [0, 0.05) is 17.7 Å². The highest BCUT2D eigenvalue weighted by molar-refractivity contribution is 5.77. The van der Waals surface area contributed by atoms with Crippen molar-refractivity contribution in [2.24, 2.45) is 0 Å². The van der Waals surface area contributed by atoms with Crippen molar-refractivity contribution in [2.75, 3.05) is 5.73 Å². The number of hydrogen-bond acceptors (Lipinski definition) is 4. The molecule has 6 nitrogen and oxygen atoms in total. The third kappa shape index (κ3) is 3.04. The highest BCUT2D eigenvalue weighted by Crippen LogP contribution is 2.19. The third-order valence-corrected chi connectivity index (χ3v) is 3.92. The molecule has 2 aromatic carbocycles. The van der Waals surface area contributed by atoms with E-state index in [2.05, 4.69) is 15.1 Å². The number of fused-ring (bicyclic) bond motifs is 1. The van der Waals surface area contributed by atoms with E-state index in [0.29, 0.717) is 11.6 Å². The number of anilines is 1. The molecule has 26 heavy (non-hydrogen) atoms. The standard InChI is InChI=1S/C18H13F2N5O/c19-12-6-11(7-13(20)8-12)14-3-4-17(26)25(24-14)9-10-1-2-15-16(5-10)23-18(21)22-15/h1-8H,9H2,(H3,21,22,23). The van der Waals surface area contributed by atoms with E-state index in [4.69, 9.17) is 5.73 Å². The molecule has 0 saturated carbocycles. The number of nitrogens with one attached hydrogen (secondary N) is 1. The summed E-state index contributed by atoms with van der Waals surface area (Å²) in [6.45, 7) is 0.194. The SMILES string of the molecule is Nc1nc2ccc(Cn3nc(-c4cc(F)cc(F)c4)ccc3=O)cc2[nH]1. The van der Waals surface area contributed by atoms with Crippen LogP contribution in [0.25, 0.3) is 22.3 Å². The first-order valence-corrected chi connectivity index (χ1v) is 7.77. The molecule has 3 N–H and O–H groups in total. The van der Waals surface area contributed by atoms with Crippen LogP contribution in [0.2, 0.25) is 0 Å². The maximum atomic E-state index is 13.4. The lowest BCUT2D eigenvalue weighted by atomic mass is 10.1. The minimum absolute atomic E-state index is 0.194. The van der Waals surface area contributed by atoms with Crippen molar-refractivity contribution in [2.45, 2.75) is 6.54 Å². The molecule has 4 rings (SSSR count). The Labute approximate surface area is 145 Å². The van der Waals surface area contributed by atoms with Gasteiger partial charge in [-0.1, -0.05) is 6.07 Å². The fourth-order valence-electron chi connectivity index (χ4n) is 2.77. The largest absolute Gasteiger partial charge is 0.369 e. The average molecular weight is 353 g/mol. The zero-order chi connectivity index (χ0) is 18.3. The van der Waals surface area contributed by atoms with E-state index in [1.165, 1.54) is 28.9 Å². The predicted molar refractivity (Wildman–Crippen MR) is 93.5 cm³/mol.